The van der Waals surface area contributed by atoms with Crippen molar-refractivity contribution in [2.45, 2.75) is 26.7 Å². The van der Waals surface area contributed by atoms with Gasteiger partial charge in [0.25, 0.3) is 0 Å². The zero-order chi connectivity index (χ0) is 14.4. The van der Waals surface area contributed by atoms with Crippen LogP contribution in [0.2, 0.25) is 0 Å². The van der Waals surface area contributed by atoms with Crippen molar-refractivity contribution in [3.63, 3.8) is 0 Å². The molecule has 104 valence electrons. The third kappa shape index (κ3) is 3.96. The Kier molecular flexibility index (Phi) is 5.83. The second-order valence-electron chi connectivity index (χ2n) is 4.53. The quantitative estimate of drug-likeness (QED) is 0.787. The van der Waals surface area contributed by atoms with E-state index in [9.17, 15) is 8.78 Å². The SMILES string of the molecule is C=C(/N=C(\C)CF)c1ccc(CCCN)c(F)c1C. The maximum absolute atomic E-state index is 14.2. The molecule has 0 amide bonds. The monoisotopic (exact) mass is 266 g/mol. The van der Waals surface area contributed by atoms with Crippen molar-refractivity contribution in [1.29, 1.82) is 0 Å². The lowest BCUT2D eigenvalue weighted by Crippen LogP contribution is -2.04. The molecule has 1 rings (SSSR count). The predicted octanol–water partition coefficient (Wildman–Crippen LogP) is 3.43. The number of benzene rings is 1. The maximum atomic E-state index is 14.2. The fourth-order valence-corrected chi connectivity index (χ4v) is 1.86. The van der Waals surface area contributed by atoms with Crippen molar-refractivity contribution >= 4 is 11.4 Å². The highest BCUT2D eigenvalue weighted by Gasteiger charge is 2.11. The van der Waals surface area contributed by atoms with Crippen LogP contribution in [-0.4, -0.2) is 18.9 Å². The summed E-state index contributed by atoms with van der Waals surface area (Å²) in [5.41, 5.74) is 7.89. The average molecular weight is 266 g/mol. The van der Waals surface area contributed by atoms with E-state index in [1.165, 1.54) is 0 Å². The van der Waals surface area contributed by atoms with Crippen LogP contribution in [0.3, 0.4) is 0 Å². The number of hydrogen-bond donors (Lipinski definition) is 1. The second kappa shape index (κ2) is 7.14. The van der Waals surface area contributed by atoms with Gasteiger partial charge in [-0.1, -0.05) is 18.7 Å². The van der Waals surface area contributed by atoms with E-state index >= 15 is 0 Å². The molecule has 0 saturated carbocycles. The molecule has 19 heavy (non-hydrogen) atoms. The van der Waals surface area contributed by atoms with Crippen molar-refractivity contribution < 1.29 is 8.78 Å². The summed E-state index contributed by atoms with van der Waals surface area (Å²) < 4.78 is 26.5. The first-order valence-electron chi connectivity index (χ1n) is 6.28. The Balaban J connectivity index is 3.05. The van der Waals surface area contributed by atoms with Gasteiger partial charge in [-0.15, -0.1) is 0 Å². The summed E-state index contributed by atoms with van der Waals surface area (Å²) in [5.74, 6) is -0.250. The van der Waals surface area contributed by atoms with E-state index in [1.54, 1.807) is 26.0 Å². The smallest absolute Gasteiger partial charge is 0.129 e. The van der Waals surface area contributed by atoms with Crippen LogP contribution < -0.4 is 5.73 Å². The Morgan fingerprint density at radius 2 is 2.11 bits per heavy atom. The molecule has 0 fully saturated rings. The van der Waals surface area contributed by atoms with Gasteiger partial charge in [0.2, 0.25) is 0 Å². The van der Waals surface area contributed by atoms with Gasteiger partial charge in [-0.3, -0.25) is 4.99 Å². The summed E-state index contributed by atoms with van der Waals surface area (Å²) in [7, 11) is 0. The molecule has 0 saturated heterocycles. The Bertz CT molecular complexity index is 493. The molecule has 2 nitrogen and oxygen atoms in total. The Morgan fingerprint density at radius 3 is 2.68 bits per heavy atom. The summed E-state index contributed by atoms with van der Waals surface area (Å²) >= 11 is 0. The highest BCUT2D eigenvalue weighted by atomic mass is 19.1. The normalized spacial score (nSPS) is 11.7. The van der Waals surface area contributed by atoms with Gasteiger partial charge in [-0.2, -0.15) is 0 Å². The van der Waals surface area contributed by atoms with Crippen LogP contribution in [0.25, 0.3) is 5.70 Å². The average Bonchev–Trinajstić information content (AvgIpc) is 2.40. The van der Waals surface area contributed by atoms with Crippen molar-refractivity contribution in [1.82, 2.24) is 0 Å². The number of nitrogens with two attached hydrogens (primary N) is 1. The molecule has 4 heteroatoms. The lowest BCUT2D eigenvalue weighted by molar-refractivity contribution is 0.580. The molecule has 1 aromatic carbocycles. The van der Waals surface area contributed by atoms with Gasteiger partial charge in [-0.25, -0.2) is 8.78 Å². The molecule has 0 aliphatic rings. The van der Waals surface area contributed by atoms with E-state index < -0.39 is 6.67 Å². The minimum absolute atomic E-state index is 0.250. The number of aliphatic imine (C=N–C) groups is 1. The Morgan fingerprint density at radius 1 is 1.42 bits per heavy atom. The molecule has 0 unspecified atom stereocenters. The van der Waals surface area contributed by atoms with Crippen LogP contribution in [0.1, 0.15) is 30.0 Å². The van der Waals surface area contributed by atoms with E-state index in [0.29, 0.717) is 41.1 Å². The molecule has 2 N–H and O–H groups in total. The van der Waals surface area contributed by atoms with Crippen LogP contribution in [-0.2, 0) is 6.42 Å². The van der Waals surface area contributed by atoms with Crippen LogP contribution in [0, 0.1) is 12.7 Å². The molecule has 0 heterocycles. The second-order valence-corrected chi connectivity index (χ2v) is 4.53. The number of hydrogen-bond acceptors (Lipinski definition) is 2. The first-order chi connectivity index (χ1) is 9.01. The van der Waals surface area contributed by atoms with Crippen LogP contribution >= 0.6 is 0 Å². The summed E-state index contributed by atoms with van der Waals surface area (Å²) in [4.78, 5) is 4.02. The van der Waals surface area contributed by atoms with Crippen molar-refractivity contribution in [2.24, 2.45) is 10.7 Å². The van der Waals surface area contributed by atoms with Gasteiger partial charge in [-0.05, 0) is 44.4 Å². The molecule has 0 aromatic heterocycles. The van der Waals surface area contributed by atoms with E-state index in [1.807, 2.05) is 0 Å². The molecule has 0 bridgehead atoms. The molecule has 0 aliphatic carbocycles. The topological polar surface area (TPSA) is 38.4 Å². The number of rotatable bonds is 6. The lowest BCUT2D eigenvalue weighted by atomic mass is 9.99. The fourth-order valence-electron chi connectivity index (χ4n) is 1.86. The highest BCUT2D eigenvalue weighted by molar-refractivity contribution is 5.88. The zero-order valence-electron chi connectivity index (χ0n) is 11.5. The Hall–Kier alpha value is -1.55. The van der Waals surface area contributed by atoms with Gasteiger partial charge in [0.05, 0.1) is 5.70 Å². The zero-order valence-corrected chi connectivity index (χ0v) is 11.5. The molecule has 0 spiro atoms. The minimum Gasteiger partial charge on any atom is -0.330 e. The summed E-state index contributed by atoms with van der Waals surface area (Å²) in [6.45, 7) is 6.93. The minimum atomic E-state index is -0.630. The Labute approximate surface area is 113 Å². The third-order valence-corrected chi connectivity index (χ3v) is 2.95. The van der Waals surface area contributed by atoms with E-state index in [0.717, 1.165) is 6.42 Å². The van der Waals surface area contributed by atoms with Gasteiger partial charge in [0, 0.05) is 11.3 Å². The summed E-state index contributed by atoms with van der Waals surface area (Å²) in [6.07, 6.45) is 1.36. The molecule has 1 aromatic rings. The number of nitrogens with zero attached hydrogens (tertiary/aromatic N) is 1. The summed E-state index contributed by atoms with van der Waals surface area (Å²) in [5, 5.41) is 0. The van der Waals surface area contributed by atoms with Crippen LogP contribution in [0.15, 0.2) is 23.7 Å². The number of alkyl halides is 1. The lowest BCUT2D eigenvalue weighted by Gasteiger charge is -2.11. The van der Waals surface area contributed by atoms with Crippen molar-refractivity contribution in [3.8, 4) is 0 Å². The number of aryl methyl sites for hydroxylation is 1. The first-order valence-corrected chi connectivity index (χ1v) is 6.28. The molecule has 0 atom stereocenters. The van der Waals surface area contributed by atoms with E-state index in [2.05, 4.69) is 11.6 Å². The largest absolute Gasteiger partial charge is 0.330 e. The summed E-state index contributed by atoms with van der Waals surface area (Å²) in [6, 6.07) is 3.50. The standard InChI is InChI=1S/C15H20F2N2/c1-10(9-16)19-12(3)14-7-6-13(5-4-8-18)15(17)11(14)2/h6-7H,3-5,8-9,18H2,1-2H3/b19-10+. The fraction of sp³-hybridized carbons (Fsp3) is 0.400. The highest BCUT2D eigenvalue weighted by Crippen LogP contribution is 2.24. The molecule has 0 aliphatic heterocycles. The third-order valence-electron chi connectivity index (χ3n) is 2.95. The molecular formula is C15H20F2N2. The van der Waals surface area contributed by atoms with Gasteiger partial charge >= 0.3 is 0 Å². The molecule has 0 radical (unpaired) electrons. The van der Waals surface area contributed by atoms with E-state index in [4.69, 9.17) is 5.73 Å². The number of halogens is 2. The van der Waals surface area contributed by atoms with Crippen molar-refractivity contribution in [2.75, 3.05) is 13.2 Å². The molecular weight excluding hydrogens is 246 g/mol. The van der Waals surface area contributed by atoms with E-state index in [-0.39, 0.29) is 5.82 Å². The van der Waals surface area contributed by atoms with Gasteiger partial charge in [0.1, 0.15) is 12.5 Å². The van der Waals surface area contributed by atoms with Crippen LogP contribution in [0.5, 0.6) is 0 Å². The first kappa shape index (κ1) is 15.5. The van der Waals surface area contributed by atoms with Crippen LogP contribution in [0.4, 0.5) is 8.78 Å². The van der Waals surface area contributed by atoms with Gasteiger partial charge in [0.15, 0.2) is 0 Å². The predicted molar refractivity (Wildman–Crippen MR) is 76.6 cm³/mol. The van der Waals surface area contributed by atoms with Gasteiger partial charge < -0.3 is 5.73 Å². The maximum Gasteiger partial charge on any atom is 0.129 e. The van der Waals surface area contributed by atoms with Crippen molar-refractivity contribution in [3.05, 3.63) is 41.2 Å².